The van der Waals surface area contributed by atoms with Crippen LogP contribution in [-0.2, 0) is 6.18 Å². The van der Waals surface area contributed by atoms with E-state index in [0.717, 1.165) is 6.07 Å². The van der Waals surface area contributed by atoms with E-state index in [9.17, 15) is 17.6 Å². The molecule has 1 heterocycles. The van der Waals surface area contributed by atoms with Gasteiger partial charge in [0.1, 0.15) is 11.9 Å². The third-order valence-corrected chi connectivity index (χ3v) is 4.09. The van der Waals surface area contributed by atoms with Crippen molar-refractivity contribution < 1.29 is 17.6 Å². The highest BCUT2D eigenvalue weighted by Gasteiger charge is 2.36. The van der Waals surface area contributed by atoms with Gasteiger partial charge >= 0.3 is 6.18 Å². The zero-order valence-electron chi connectivity index (χ0n) is 10.7. The molecule has 2 N–H and O–H groups in total. The third-order valence-electron chi connectivity index (χ3n) is 3.01. The van der Waals surface area contributed by atoms with Crippen molar-refractivity contribution in [3.63, 3.8) is 0 Å². The Morgan fingerprint density at radius 1 is 1.40 bits per heavy atom. The Bertz CT molecular complexity index is 528. The molecule has 20 heavy (non-hydrogen) atoms. The maximum Gasteiger partial charge on any atom is 0.433 e. The summed E-state index contributed by atoms with van der Waals surface area (Å²) >= 11 is 1.19. The third kappa shape index (κ3) is 2.98. The topological polar surface area (TPSA) is 38.9 Å². The fourth-order valence-electron chi connectivity index (χ4n) is 1.96. The lowest BCUT2D eigenvalue weighted by Gasteiger charge is -2.23. The number of nitrogens with zero attached hydrogens (tertiary/aromatic N) is 1. The van der Waals surface area contributed by atoms with Crippen LogP contribution in [0, 0.1) is 5.92 Å². The summed E-state index contributed by atoms with van der Waals surface area (Å²) in [6.07, 6.45) is -2.82. The van der Waals surface area contributed by atoms with E-state index in [1.165, 1.54) is 11.8 Å². The Hall–Kier alpha value is -1.08. The van der Waals surface area contributed by atoms with Crippen LogP contribution in [0.25, 0.3) is 6.08 Å². The van der Waals surface area contributed by atoms with Gasteiger partial charge in [-0.2, -0.15) is 13.2 Å². The van der Waals surface area contributed by atoms with E-state index in [1.807, 2.05) is 0 Å². The molecule has 0 saturated heterocycles. The van der Waals surface area contributed by atoms with Crippen molar-refractivity contribution in [2.45, 2.75) is 24.2 Å². The van der Waals surface area contributed by atoms with Crippen LogP contribution in [0.3, 0.4) is 0 Å². The van der Waals surface area contributed by atoms with Crippen molar-refractivity contribution in [3.05, 3.63) is 29.1 Å². The highest BCUT2D eigenvalue weighted by molar-refractivity contribution is 7.99. The summed E-state index contributed by atoms with van der Waals surface area (Å²) in [6, 6.07) is 0.964. The molecule has 0 aliphatic heterocycles. The molecule has 0 radical (unpaired) electrons. The van der Waals surface area contributed by atoms with Gasteiger partial charge in [0.25, 0.3) is 0 Å². The molecule has 1 aliphatic rings. The van der Waals surface area contributed by atoms with Gasteiger partial charge in [-0.3, -0.25) is 0 Å². The molecule has 1 aromatic heterocycles. The van der Waals surface area contributed by atoms with Gasteiger partial charge < -0.3 is 5.73 Å². The number of fused-ring (bicyclic) bond motifs is 1. The van der Waals surface area contributed by atoms with Gasteiger partial charge in [0, 0.05) is 28.7 Å². The van der Waals surface area contributed by atoms with E-state index >= 15 is 0 Å². The number of hydrogen-bond acceptors (Lipinski definition) is 3. The zero-order chi connectivity index (χ0) is 14.9. The first kappa shape index (κ1) is 15.3. The van der Waals surface area contributed by atoms with Crippen molar-refractivity contribution in [2.24, 2.45) is 11.7 Å². The first-order valence-electron chi connectivity index (χ1n) is 6.12. The molecule has 2 nitrogen and oxygen atoms in total. The lowest BCUT2D eigenvalue weighted by molar-refractivity contribution is -0.141. The normalized spacial score (nSPS) is 21.9. The number of thioether (sulfide) groups is 1. The SMILES string of the molecule is CC1C=Cc2c(SCCN)cc(C(F)(F)F)nc2C1F. The minimum absolute atomic E-state index is 0.130. The Balaban J connectivity index is 2.55. The molecule has 110 valence electrons. The van der Waals surface area contributed by atoms with Crippen LogP contribution in [-0.4, -0.2) is 17.3 Å². The second kappa shape index (κ2) is 5.73. The Morgan fingerprint density at radius 3 is 2.70 bits per heavy atom. The summed E-state index contributed by atoms with van der Waals surface area (Å²) in [5, 5.41) is 0. The second-order valence-electron chi connectivity index (χ2n) is 4.56. The number of alkyl halides is 4. The molecular formula is C13H14F4N2S. The lowest BCUT2D eigenvalue weighted by atomic mass is 9.92. The summed E-state index contributed by atoms with van der Waals surface area (Å²) in [4.78, 5) is 3.86. The van der Waals surface area contributed by atoms with Crippen LogP contribution in [0.1, 0.15) is 30.0 Å². The van der Waals surface area contributed by atoms with Gasteiger partial charge in [-0.25, -0.2) is 9.37 Å². The minimum Gasteiger partial charge on any atom is -0.330 e. The molecule has 0 bridgehead atoms. The average molecular weight is 306 g/mol. The Labute approximate surface area is 118 Å². The summed E-state index contributed by atoms with van der Waals surface area (Å²) in [6.45, 7) is 1.95. The van der Waals surface area contributed by atoms with Crippen molar-refractivity contribution in [3.8, 4) is 0 Å². The fourth-order valence-corrected chi connectivity index (χ4v) is 2.82. The van der Waals surface area contributed by atoms with E-state index < -0.39 is 24.0 Å². The molecule has 0 saturated carbocycles. The molecule has 0 spiro atoms. The number of aromatic nitrogens is 1. The quantitative estimate of drug-likeness (QED) is 0.681. The van der Waals surface area contributed by atoms with Gasteiger partial charge in [-0.15, -0.1) is 11.8 Å². The van der Waals surface area contributed by atoms with Crippen molar-refractivity contribution in [1.29, 1.82) is 0 Å². The summed E-state index contributed by atoms with van der Waals surface area (Å²) in [5.74, 6) is -0.0143. The molecule has 0 fully saturated rings. The van der Waals surface area contributed by atoms with Gasteiger partial charge in [0.2, 0.25) is 0 Å². The summed E-state index contributed by atoms with van der Waals surface area (Å²) in [7, 11) is 0. The maximum absolute atomic E-state index is 14.1. The van der Waals surface area contributed by atoms with E-state index in [0.29, 0.717) is 22.8 Å². The van der Waals surface area contributed by atoms with Crippen LogP contribution in [0.15, 0.2) is 17.0 Å². The van der Waals surface area contributed by atoms with Crippen LogP contribution < -0.4 is 5.73 Å². The lowest BCUT2D eigenvalue weighted by Crippen LogP contribution is -2.17. The summed E-state index contributed by atoms with van der Waals surface area (Å²) in [5.41, 5.74) is 4.62. The van der Waals surface area contributed by atoms with Crippen molar-refractivity contribution in [2.75, 3.05) is 12.3 Å². The summed E-state index contributed by atoms with van der Waals surface area (Å²) < 4.78 is 52.7. The molecule has 1 aliphatic carbocycles. The second-order valence-corrected chi connectivity index (χ2v) is 5.70. The highest BCUT2D eigenvalue weighted by atomic mass is 32.2. The van der Waals surface area contributed by atoms with Crippen LogP contribution >= 0.6 is 11.8 Å². The van der Waals surface area contributed by atoms with Gasteiger partial charge in [0.05, 0.1) is 5.69 Å². The molecule has 2 unspecified atom stereocenters. The molecule has 1 aromatic rings. The smallest absolute Gasteiger partial charge is 0.330 e. The number of hydrogen-bond donors (Lipinski definition) is 1. The number of allylic oxidation sites excluding steroid dienone is 1. The Morgan fingerprint density at radius 2 is 2.10 bits per heavy atom. The predicted molar refractivity (Wildman–Crippen MR) is 71.1 cm³/mol. The maximum atomic E-state index is 14.1. The van der Waals surface area contributed by atoms with Crippen molar-refractivity contribution >= 4 is 17.8 Å². The molecule has 0 amide bonds. The predicted octanol–water partition coefficient (Wildman–Crippen LogP) is 3.82. The van der Waals surface area contributed by atoms with E-state index in [2.05, 4.69) is 4.98 Å². The number of pyridine rings is 1. The molecule has 7 heteroatoms. The largest absolute Gasteiger partial charge is 0.433 e. The highest BCUT2D eigenvalue weighted by Crippen LogP contribution is 2.41. The average Bonchev–Trinajstić information content (AvgIpc) is 2.39. The minimum atomic E-state index is -4.59. The number of halogens is 4. The van der Waals surface area contributed by atoms with Gasteiger partial charge in [-0.1, -0.05) is 19.1 Å². The number of rotatable bonds is 3. The molecule has 2 atom stereocenters. The molecule has 0 aromatic carbocycles. The van der Waals surface area contributed by atoms with Crippen molar-refractivity contribution in [1.82, 2.24) is 4.98 Å². The van der Waals surface area contributed by atoms with E-state index in [-0.39, 0.29) is 5.69 Å². The first-order chi connectivity index (χ1) is 9.34. The standard InChI is InChI=1S/C13H14F4N2S/c1-7-2-3-8-9(20-5-4-18)6-10(13(15,16)17)19-12(8)11(7)14/h2-3,6-7,11H,4-5,18H2,1H3. The monoisotopic (exact) mass is 306 g/mol. The van der Waals surface area contributed by atoms with Crippen LogP contribution in [0.5, 0.6) is 0 Å². The Kier molecular flexibility index (Phi) is 4.39. The van der Waals surface area contributed by atoms with Gasteiger partial charge in [0.15, 0.2) is 0 Å². The van der Waals surface area contributed by atoms with E-state index in [1.54, 1.807) is 19.1 Å². The van der Waals surface area contributed by atoms with Crippen LogP contribution in [0.2, 0.25) is 0 Å². The van der Waals surface area contributed by atoms with Crippen LogP contribution in [0.4, 0.5) is 17.6 Å². The fraction of sp³-hybridized carbons (Fsp3) is 0.462. The first-order valence-corrected chi connectivity index (χ1v) is 7.10. The number of nitrogens with two attached hydrogens (primary N) is 1. The van der Waals surface area contributed by atoms with Gasteiger partial charge in [-0.05, 0) is 6.07 Å². The van der Waals surface area contributed by atoms with E-state index in [4.69, 9.17) is 5.73 Å². The molecular weight excluding hydrogens is 292 g/mol. The molecule has 2 rings (SSSR count). The zero-order valence-corrected chi connectivity index (χ0v) is 11.6.